The van der Waals surface area contributed by atoms with Gasteiger partial charge in [0.05, 0.1) is 30.0 Å². The summed E-state index contributed by atoms with van der Waals surface area (Å²) in [4.78, 5) is 25.9. The maximum Gasteiger partial charge on any atom is 0.255 e. The van der Waals surface area contributed by atoms with Crippen molar-refractivity contribution in [2.45, 2.75) is 0 Å². The van der Waals surface area contributed by atoms with Gasteiger partial charge in [0, 0.05) is 27.7 Å². The fourth-order valence-electron chi connectivity index (χ4n) is 3.44. The lowest BCUT2D eigenvalue weighted by molar-refractivity contribution is 0.102. The second kappa shape index (κ2) is 9.12. The quantitative estimate of drug-likeness (QED) is 0.305. The normalized spacial score (nSPS) is 10.9. The van der Waals surface area contributed by atoms with E-state index in [-0.39, 0.29) is 5.91 Å². The molecule has 0 saturated carbocycles. The molecule has 5 aromatic rings. The van der Waals surface area contributed by atoms with Crippen LogP contribution in [0.4, 0.5) is 16.6 Å². The molecule has 2 N–H and O–H groups in total. The van der Waals surface area contributed by atoms with E-state index in [1.165, 1.54) is 17.7 Å². The van der Waals surface area contributed by atoms with Gasteiger partial charge in [-0.25, -0.2) is 15.0 Å². The van der Waals surface area contributed by atoms with Crippen LogP contribution in [0.15, 0.2) is 60.9 Å². The zero-order chi connectivity index (χ0) is 23.7. The standard InChI is InChI=1S/C24H18ClN5O3S/c1-32-19-10-16-18(11-20(19)33-2)26-12-27-22(16)30-24-29-17-8-7-15(9-21(17)34-24)28-23(31)13-3-5-14(25)6-4-13/h3-12H,1-2H3,(H,28,31)(H,26,27,29,30). The number of carbonyl (C=O) groups is 1. The van der Waals surface area contributed by atoms with Gasteiger partial charge in [-0.3, -0.25) is 4.79 Å². The SMILES string of the molecule is COc1cc2ncnc(Nc3nc4ccc(NC(=O)c5ccc(Cl)cc5)cc4s3)c2cc1OC. The van der Waals surface area contributed by atoms with Crippen LogP contribution < -0.4 is 20.1 Å². The average molecular weight is 492 g/mol. The van der Waals surface area contributed by atoms with Gasteiger partial charge >= 0.3 is 0 Å². The van der Waals surface area contributed by atoms with E-state index >= 15 is 0 Å². The first-order chi connectivity index (χ1) is 16.5. The minimum atomic E-state index is -0.212. The van der Waals surface area contributed by atoms with Gasteiger partial charge in [0.25, 0.3) is 5.91 Å². The van der Waals surface area contributed by atoms with Crippen LogP contribution >= 0.6 is 22.9 Å². The summed E-state index contributed by atoms with van der Waals surface area (Å²) in [5.74, 6) is 1.56. The van der Waals surface area contributed by atoms with Gasteiger partial charge in [0.1, 0.15) is 12.1 Å². The fourth-order valence-corrected chi connectivity index (χ4v) is 4.47. The highest BCUT2D eigenvalue weighted by Crippen LogP contribution is 2.36. The van der Waals surface area contributed by atoms with E-state index in [2.05, 4.69) is 25.6 Å². The van der Waals surface area contributed by atoms with Gasteiger partial charge in [-0.05, 0) is 48.5 Å². The summed E-state index contributed by atoms with van der Waals surface area (Å²) in [6.07, 6.45) is 1.48. The Hall–Kier alpha value is -3.95. The topological polar surface area (TPSA) is 98.3 Å². The first-order valence-corrected chi connectivity index (χ1v) is 11.3. The van der Waals surface area contributed by atoms with Gasteiger partial charge in [-0.2, -0.15) is 0 Å². The van der Waals surface area contributed by atoms with Crippen LogP contribution in [0, 0.1) is 0 Å². The number of thiazole rings is 1. The Balaban J connectivity index is 1.41. The van der Waals surface area contributed by atoms with Gasteiger partial charge < -0.3 is 20.1 Å². The number of amides is 1. The van der Waals surface area contributed by atoms with E-state index in [0.717, 1.165) is 15.6 Å². The molecule has 0 aliphatic rings. The van der Waals surface area contributed by atoms with E-state index in [1.54, 1.807) is 44.6 Å². The van der Waals surface area contributed by atoms with E-state index in [1.807, 2.05) is 24.3 Å². The number of rotatable bonds is 6. The lowest BCUT2D eigenvalue weighted by atomic mass is 10.2. The predicted molar refractivity (Wildman–Crippen MR) is 135 cm³/mol. The smallest absolute Gasteiger partial charge is 0.255 e. The fraction of sp³-hybridized carbons (Fsp3) is 0.0833. The van der Waals surface area contributed by atoms with Crippen molar-refractivity contribution in [3.05, 3.63) is 71.5 Å². The predicted octanol–water partition coefficient (Wildman–Crippen LogP) is 5.91. The highest BCUT2D eigenvalue weighted by molar-refractivity contribution is 7.22. The van der Waals surface area contributed by atoms with Crippen molar-refractivity contribution in [3.8, 4) is 11.5 Å². The first kappa shape index (κ1) is 21.9. The number of methoxy groups -OCH3 is 2. The van der Waals surface area contributed by atoms with Crippen molar-refractivity contribution in [3.63, 3.8) is 0 Å². The second-order valence-electron chi connectivity index (χ2n) is 7.23. The Morgan fingerprint density at radius 2 is 1.71 bits per heavy atom. The molecule has 0 aliphatic heterocycles. The van der Waals surface area contributed by atoms with E-state index in [0.29, 0.717) is 44.2 Å². The largest absolute Gasteiger partial charge is 0.493 e. The molecule has 0 unspecified atom stereocenters. The number of nitrogens with zero attached hydrogens (tertiary/aromatic N) is 3. The summed E-state index contributed by atoms with van der Waals surface area (Å²) in [6.45, 7) is 0. The molecule has 0 saturated heterocycles. The number of benzene rings is 3. The summed E-state index contributed by atoms with van der Waals surface area (Å²) in [5.41, 5.74) is 2.71. The van der Waals surface area contributed by atoms with Crippen LogP contribution in [0.3, 0.4) is 0 Å². The van der Waals surface area contributed by atoms with Crippen LogP contribution in [0.1, 0.15) is 10.4 Å². The van der Waals surface area contributed by atoms with Crippen LogP contribution in [0.5, 0.6) is 11.5 Å². The number of fused-ring (bicyclic) bond motifs is 2. The summed E-state index contributed by atoms with van der Waals surface area (Å²) >= 11 is 7.35. The third-order valence-electron chi connectivity index (χ3n) is 5.12. The average Bonchev–Trinajstić information content (AvgIpc) is 3.25. The molecule has 0 fully saturated rings. The monoisotopic (exact) mass is 491 g/mol. The molecule has 34 heavy (non-hydrogen) atoms. The lowest BCUT2D eigenvalue weighted by Gasteiger charge is -2.10. The van der Waals surface area contributed by atoms with E-state index < -0.39 is 0 Å². The third kappa shape index (κ3) is 4.30. The first-order valence-electron chi connectivity index (χ1n) is 10.2. The number of hydrogen-bond donors (Lipinski definition) is 2. The van der Waals surface area contributed by atoms with Crippen LogP contribution in [0.2, 0.25) is 5.02 Å². The third-order valence-corrected chi connectivity index (χ3v) is 6.30. The van der Waals surface area contributed by atoms with Crippen molar-refractivity contribution >= 4 is 66.6 Å². The number of ether oxygens (including phenoxy) is 2. The molecule has 0 bridgehead atoms. The molecule has 0 radical (unpaired) electrons. The molecule has 0 aliphatic carbocycles. The molecule has 5 rings (SSSR count). The highest BCUT2D eigenvalue weighted by Gasteiger charge is 2.13. The minimum Gasteiger partial charge on any atom is -0.493 e. The zero-order valence-electron chi connectivity index (χ0n) is 18.1. The molecule has 1 amide bonds. The Morgan fingerprint density at radius 3 is 2.47 bits per heavy atom. The van der Waals surface area contributed by atoms with Crippen molar-refractivity contribution in [1.82, 2.24) is 15.0 Å². The van der Waals surface area contributed by atoms with Gasteiger partial charge in [0.2, 0.25) is 0 Å². The Kier molecular flexibility index (Phi) is 5.87. The maximum atomic E-state index is 12.5. The molecule has 10 heteroatoms. The number of halogens is 1. The maximum absolute atomic E-state index is 12.5. The molecule has 2 heterocycles. The van der Waals surface area contributed by atoms with Crippen LogP contribution in [0.25, 0.3) is 21.1 Å². The molecule has 8 nitrogen and oxygen atoms in total. The number of carbonyl (C=O) groups excluding carboxylic acids is 1. The molecule has 3 aromatic carbocycles. The molecule has 170 valence electrons. The highest BCUT2D eigenvalue weighted by atomic mass is 35.5. The van der Waals surface area contributed by atoms with Crippen LogP contribution in [-0.4, -0.2) is 35.1 Å². The van der Waals surface area contributed by atoms with E-state index in [9.17, 15) is 4.79 Å². The molecular formula is C24H18ClN5O3S. The van der Waals surface area contributed by atoms with E-state index in [4.69, 9.17) is 21.1 Å². The Labute approximate surface area is 203 Å². The number of anilines is 3. The number of aromatic nitrogens is 3. The summed E-state index contributed by atoms with van der Waals surface area (Å²) in [6, 6.07) is 15.9. The Morgan fingerprint density at radius 1 is 0.941 bits per heavy atom. The van der Waals surface area contributed by atoms with Gasteiger partial charge in [-0.1, -0.05) is 22.9 Å². The lowest BCUT2D eigenvalue weighted by Crippen LogP contribution is -2.11. The molecule has 2 aromatic heterocycles. The number of nitrogens with one attached hydrogen (secondary N) is 2. The molecule has 0 spiro atoms. The molecular weight excluding hydrogens is 474 g/mol. The van der Waals surface area contributed by atoms with Crippen molar-refractivity contribution in [2.24, 2.45) is 0 Å². The minimum absolute atomic E-state index is 0.212. The second-order valence-corrected chi connectivity index (χ2v) is 8.70. The zero-order valence-corrected chi connectivity index (χ0v) is 19.7. The summed E-state index contributed by atoms with van der Waals surface area (Å²) < 4.78 is 11.7. The molecule has 0 atom stereocenters. The van der Waals surface area contributed by atoms with Gasteiger partial charge in [0.15, 0.2) is 16.6 Å². The van der Waals surface area contributed by atoms with Crippen molar-refractivity contribution < 1.29 is 14.3 Å². The summed E-state index contributed by atoms with van der Waals surface area (Å²) in [5, 5.41) is 8.20. The van der Waals surface area contributed by atoms with Crippen molar-refractivity contribution in [2.75, 3.05) is 24.9 Å². The van der Waals surface area contributed by atoms with Crippen LogP contribution in [-0.2, 0) is 0 Å². The number of hydrogen-bond acceptors (Lipinski definition) is 8. The van der Waals surface area contributed by atoms with Crippen molar-refractivity contribution in [1.29, 1.82) is 0 Å². The van der Waals surface area contributed by atoms with Gasteiger partial charge in [-0.15, -0.1) is 0 Å². The summed E-state index contributed by atoms with van der Waals surface area (Å²) in [7, 11) is 3.16. The Bertz CT molecular complexity index is 1520.